The zero-order valence-corrected chi connectivity index (χ0v) is 23.1. The van der Waals surface area contributed by atoms with Crippen LogP contribution in [0.1, 0.15) is 29.6 Å². The van der Waals surface area contributed by atoms with Gasteiger partial charge >= 0.3 is 5.56 Å². The summed E-state index contributed by atoms with van der Waals surface area (Å²) in [5, 5.41) is 27.3. The molecule has 14 heteroatoms. The summed E-state index contributed by atoms with van der Waals surface area (Å²) in [5.41, 5.74) is 4.54. The molecule has 5 aromatic rings. The van der Waals surface area contributed by atoms with Crippen molar-refractivity contribution in [2.24, 2.45) is 10.2 Å². The summed E-state index contributed by atoms with van der Waals surface area (Å²) in [6, 6.07) is 16.4. The molecule has 0 fully saturated rings. The molecule has 0 atom stereocenters. The van der Waals surface area contributed by atoms with Gasteiger partial charge in [-0.1, -0.05) is 42.5 Å². The van der Waals surface area contributed by atoms with E-state index in [1.807, 2.05) is 35.7 Å². The number of hydrogen-bond donors (Lipinski definition) is 4. The van der Waals surface area contributed by atoms with Crippen molar-refractivity contribution in [1.29, 1.82) is 0 Å². The fourth-order valence-corrected chi connectivity index (χ4v) is 5.13. The number of benzene rings is 2. The molecule has 0 aliphatic rings. The van der Waals surface area contributed by atoms with Gasteiger partial charge in [0.25, 0.3) is 5.91 Å². The Morgan fingerprint density at radius 2 is 1.80 bits per heavy atom. The van der Waals surface area contributed by atoms with Crippen molar-refractivity contribution in [3.8, 4) is 27.6 Å². The molecule has 2 aromatic carbocycles. The Hall–Kier alpha value is -4.79. The molecule has 0 saturated carbocycles. The number of rotatable bonds is 11. The van der Waals surface area contributed by atoms with Crippen LogP contribution in [-0.4, -0.2) is 43.3 Å². The highest BCUT2D eigenvalue weighted by atomic mass is 32.1. The van der Waals surface area contributed by atoms with E-state index < -0.39 is 11.5 Å². The van der Waals surface area contributed by atoms with Crippen LogP contribution in [0.15, 0.2) is 86.6 Å². The highest BCUT2D eigenvalue weighted by molar-refractivity contribution is 7.13. The Labute approximate surface area is 241 Å². The van der Waals surface area contributed by atoms with Gasteiger partial charge in [-0.3, -0.25) is 24.7 Å². The number of nitrogens with one attached hydrogen (secondary N) is 3. The Morgan fingerprint density at radius 3 is 2.54 bits per heavy atom. The number of carbonyl (C=O) groups excluding carboxylic acids is 2. The van der Waals surface area contributed by atoms with Gasteiger partial charge in [-0.2, -0.15) is 4.68 Å². The Bertz CT molecular complexity index is 1710. The molecule has 0 radical (unpaired) electrons. The minimum absolute atomic E-state index is 0.148. The van der Waals surface area contributed by atoms with Gasteiger partial charge in [-0.15, -0.1) is 32.9 Å². The number of hydroxylamine groups is 1. The van der Waals surface area contributed by atoms with Gasteiger partial charge in [0.15, 0.2) is 5.69 Å². The van der Waals surface area contributed by atoms with Crippen molar-refractivity contribution in [2.75, 3.05) is 6.54 Å². The van der Waals surface area contributed by atoms with E-state index in [-0.39, 0.29) is 18.0 Å². The molecule has 0 aliphatic carbocycles. The molecule has 0 unspecified atom stereocenters. The van der Waals surface area contributed by atoms with E-state index >= 15 is 0 Å². The van der Waals surface area contributed by atoms with Crippen molar-refractivity contribution in [1.82, 2.24) is 30.5 Å². The monoisotopic (exact) mass is 588 g/mol. The lowest BCUT2D eigenvalue weighted by atomic mass is 10.1. The van der Waals surface area contributed by atoms with Gasteiger partial charge in [0.2, 0.25) is 16.2 Å². The SMILES string of the molecule is O=C(CCCCNC(=O)c1ccc(-c2csc(-n3[nH]c(-c4ccccc4)c(N=Nc4nccs4)c3=O)n2)cc1)NO. The Kier molecular flexibility index (Phi) is 8.83. The van der Waals surface area contributed by atoms with Gasteiger partial charge in [-0.05, 0) is 25.0 Å². The van der Waals surface area contributed by atoms with Crippen LogP contribution < -0.4 is 16.4 Å². The second-order valence-corrected chi connectivity index (χ2v) is 10.4. The van der Waals surface area contributed by atoms with E-state index in [0.29, 0.717) is 46.6 Å². The Morgan fingerprint density at radius 1 is 1.00 bits per heavy atom. The van der Waals surface area contributed by atoms with E-state index in [1.165, 1.54) is 27.4 Å². The lowest BCUT2D eigenvalue weighted by Gasteiger charge is -2.06. The highest BCUT2D eigenvalue weighted by Crippen LogP contribution is 2.30. The number of nitrogens with zero attached hydrogens (tertiary/aromatic N) is 5. The fourth-order valence-electron chi connectivity index (χ4n) is 3.88. The smallest absolute Gasteiger partial charge is 0.301 e. The topological polar surface area (TPSA) is 167 Å². The first kappa shape index (κ1) is 27.8. The maximum atomic E-state index is 13.4. The number of azo groups is 1. The number of aromatic amines is 1. The first-order valence-electron chi connectivity index (χ1n) is 12.5. The predicted molar refractivity (Wildman–Crippen MR) is 155 cm³/mol. The first-order chi connectivity index (χ1) is 20.0. The van der Waals surface area contributed by atoms with Crippen LogP contribution in [0, 0.1) is 0 Å². The number of thiazole rings is 2. The number of aromatic nitrogens is 4. The molecule has 208 valence electrons. The average molecular weight is 589 g/mol. The fraction of sp³-hybridized carbons (Fsp3) is 0.148. The van der Waals surface area contributed by atoms with Crippen molar-refractivity contribution < 1.29 is 14.8 Å². The van der Waals surface area contributed by atoms with Gasteiger partial charge in [0, 0.05) is 46.6 Å². The predicted octanol–water partition coefficient (Wildman–Crippen LogP) is 5.23. The summed E-state index contributed by atoms with van der Waals surface area (Å²) in [4.78, 5) is 45.6. The van der Waals surface area contributed by atoms with Crippen LogP contribution in [-0.2, 0) is 4.79 Å². The van der Waals surface area contributed by atoms with Gasteiger partial charge < -0.3 is 5.32 Å². The summed E-state index contributed by atoms with van der Waals surface area (Å²) in [6.07, 6.45) is 2.96. The van der Waals surface area contributed by atoms with Crippen LogP contribution in [0.2, 0.25) is 0 Å². The summed E-state index contributed by atoms with van der Waals surface area (Å²) >= 11 is 2.61. The normalized spacial score (nSPS) is 11.1. The van der Waals surface area contributed by atoms with Gasteiger partial charge in [0.1, 0.15) is 0 Å². The van der Waals surface area contributed by atoms with E-state index in [0.717, 1.165) is 11.1 Å². The third-order valence-corrected chi connectivity index (χ3v) is 7.43. The van der Waals surface area contributed by atoms with Crippen LogP contribution in [0.25, 0.3) is 27.6 Å². The number of H-pyrrole nitrogens is 1. The van der Waals surface area contributed by atoms with Crippen LogP contribution in [0.5, 0.6) is 0 Å². The standard InChI is InChI=1S/C27H24N8O4S2/c36-21(34-39)8-4-5-13-28-24(37)19-11-9-17(10-12-19)20-16-41-27(30-20)35-25(38)23(31-32-26-29-14-15-40-26)22(33-35)18-6-2-1-3-7-18/h1-3,6-7,9-12,14-16,33,39H,4-5,8,13H2,(H,28,37)(H,34,36). The van der Waals surface area contributed by atoms with E-state index in [9.17, 15) is 14.4 Å². The summed E-state index contributed by atoms with van der Waals surface area (Å²) in [6.45, 7) is 0.413. The highest BCUT2D eigenvalue weighted by Gasteiger charge is 2.19. The molecule has 0 aliphatic heterocycles. The van der Waals surface area contributed by atoms with Crippen molar-refractivity contribution in [3.05, 3.63) is 87.5 Å². The van der Waals surface area contributed by atoms with Gasteiger partial charge in [0.05, 0.1) is 11.4 Å². The van der Waals surface area contributed by atoms with Crippen LogP contribution in [0.3, 0.4) is 0 Å². The molecule has 12 nitrogen and oxygen atoms in total. The quantitative estimate of drug-likeness (QED) is 0.0713. The lowest BCUT2D eigenvalue weighted by Crippen LogP contribution is -2.25. The zero-order chi connectivity index (χ0) is 28.6. The van der Waals surface area contributed by atoms with Gasteiger partial charge in [-0.25, -0.2) is 15.4 Å². The van der Waals surface area contributed by atoms with Crippen molar-refractivity contribution in [2.45, 2.75) is 19.3 Å². The molecule has 3 heterocycles. The third-order valence-electron chi connectivity index (χ3n) is 5.95. The minimum Gasteiger partial charge on any atom is -0.352 e. The second-order valence-electron chi connectivity index (χ2n) is 8.70. The molecule has 4 N–H and O–H groups in total. The van der Waals surface area contributed by atoms with Crippen LogP contribution >= 0.6 is 22.7 Å². The molecule has 0 saturated heterocycles. The summed E-state index contributed by atoms with van der Waals surface area (Å²) < 4.78 is 1.35. The lowest BCUT2D eigenvalue weighted by molar-refractivity contribution is -0.129. The molecule has 0 bridgehead atoms. The second kappa shape index (κ2) is 13.0. The maximum absolute atomic E-state index is 13.4. The van der Waals surface area contributed by atoms with E-state index in [4.69, 9.17) is 5.21 Å². The number of hydrogen-bond acceptors (Lipinski definition) is 10. The maximum Gasteiger partial charge on any atom is 0.301 e. The molecule has 5 rings (SSSR count). The molecule has 3 aromatic heterocycles. The molecular weight excluding hydrogens is 564 g/mol. The minimum atomic E-state index is -0.451. The largest absolute Gasteiger partial charge is 0.352 e. The number of carbonyl (C=O) groups is 2. The number of amides is 2. The zero-order valence-electron chi connectivity index (χ0n) is 21.5. The van der Waals surface area contributed by atoms with Crippen molar-refractivity contribution >= 4 is 45.3 Å². The van der Waals surface area contributed by atoms with E-state index in [2.05, 4.69) is 30.6 Å². The molecular formula is C27H24N8O4S2. The summed E-state index contributed by atoms with van der Waals surface area (Å²) in [5.74, 6) is -0.680. The van der Waals surface area contributed by atoms with Crippen LogP contribution in [0.4, 0.5) is 10.8 Å². The molecule has 41 heavy (non-hydrogen) atoms. The van der Waals surface area contributed by atoms with E-state index in [1.54, 1.807) is 41.3 Å². The Balaban J connectivity index is 1.32. The number of unbranched alkanes of at least 4 members (excludes halogenated alkanes) is 1. The molecule has 2 amide bonds. The van der Waals surface area contributed by atoms with Crippen molar-refractivity contribution in [3.63, 3.8) is 0 Å². The third kappa shape index (κ3) is 6.69. The average Bonchev–Trinajstić information content (AvgIpc) is 3.77. The molecule has 0 spiro atoms. The first-order valence-corrected chi connectivity index (χ1v) is 14.3. The summed E-state index contributed by atoms with van der Waals surface area (Å²) in [7, 11) is 0.